The average molecular weight is 883 g/mol. The molecule has 2 heterocycles. The summed E-state index contributed by atoms with van der Waals surface area (Å²) in [5.41, 5.74) is 5.70. The first-order valence-corrected chi connectivity index (χ1v) is 22.3. The zero-order valence-corrected chi connectivity index (χ0v) is 36.3. The Morgan fingerprint density at radius 2 is 0.662 bits per heavy atom. The van der Waals surface area contributed by atoms with Gasteiger partial charge in [0, 0.05) is 0 Å². The van der Waals surface area contributed by atoms with Gasteiger partial charge in [-0.15, -0.1) is 0 Å². The van der Waals surface area contributed by atoms with Gasteiger partial charge in [0.15, 0.2) is 12.6 Å². The minimum Gasteiger partial charge on any atom is -0.385 e. The van der Waals surface area contributed by atoms with Crippen molar-refractivity contribution in [2.45, 2.75) is 101 Å². The minimum atomic E-state index is -1.59. The molecule has 0 aliphatic carbocycles. The van der Waals surface area contributed by atoms with Crippen LogP contribution in [0, 0.1) is 0 Å². The van der Waals surface area contributed by atoms with Crippen molar-refractivity contribution < 1.29 is 52.8 Å². The molecular formula is C54H58O11. The quantitative estimate of drug-likeness (QED) is 0.0691. The molecule has 2 aliphatic rings. The van der Waals surface area contributed by atoms with Crippen LogP contribution in [0.4, 0.5) is 0 Å². The number of hydrogen-bond donors (Lipinski definition) is 2. The number of benzene rings is 6. The van der Waals surface area contributed by atoms with Crippen LogP contribution in [0.15, 0.2) is 182 Å². The van der Waals surface area contributed by atoms with Crippen LogP contribution in [-0.2, 0) is 82.3 Å². The highest BCUT2D eigenvalue weighted by Crippen LogP contribution is 2.35. The summed E-state index contributed by atoms with van der Waals surface area (Å²) in [5.74, 6) is 0. The Labute approximate surface area is 381 Å². The molecule has 11 heteroatoms. The van der Waals surface area contributed by atoms with E-state index in [4.69, 9.17) is 42.6 Å². The normalized spacial score (nSPS) is 25.6. The highest BCUT2D eigenvalue weighted by Gasteiger charge is 2.53. The SMILES string of the molecule is O[C@@H]1[C@@H](OCc2ccccc2)[C@@H](O[C@H]2O[C@H](COCc3ccccc3)[C@H](OCc3ccccc3)[C@H](OCc3ccccc3)[C@H]2OCc2ccccc2)[C@@H](COCc2ccccc2)O[C@H]1O. The molecule has 0 spiro atoms. The first-order valence-electron chi connectivity index (χ1n) is 22.3. The van der Waals surface area contributed by atoms with Crippen LogP contribution in [0.1, 0.15) is 33.4 Å². The maximum Gasteiger partial charge on any atom is 0.187 e. The fourth-order valence-electron chi connectivity index (χ4n) is 8.04. The third-order valence-corrected chi connectivity index (χ3v) is 11.4. The summed E-state index contributed by atoms with van der Waals surface area (Å²) in [6.07, 6.45) is -10.4. The van der Waals surface area contributed by atoms with Gasteiger partial charge in [-0.25, -0.2) is 0 Å². The number of aliphatic hydroxyl groups is 2. The molecular weight excluding hydrogens is 825 g/mol. The van der Waals surface area contributed by atoms with E-state index in [2.05, 4.69) is 0 Å². The second kappa shape index (κ2) is 24.4. The largest absolute Gasteiger partial charge is 0.385 e. The van der Waals surface area contributed by atoms with Gasteiger partial charge < -0.3 is 52.8 Å². The lowest BCUT2D eigenvalue weighted by atomic mass is 9.96. The first kappa shape index (κ1) is 46.4. The number of rotatable bonds is 22. The van der Waals surface area contributed by atoms with Crippen molar-refractivity contribution in [2.24, 2.45) is 0 Å². The molecule has 340 valence electrons. The maximum absolute atomic E-state index is 11.7. The van der Waals surface area contributed by atoms with Gasteiger partial charge in [0.2, 0.25) is 0 Å². The van der Waals surface area contributed by atoms with E-state index in [1.54, 1.807) is 0 Å². The first-order chi connectivity index (χ1) is 32.1. The molecule has 8 rings (SSSR count). The van der Waals surface area contributed by atoms with Crippen LogP contribution >= 0.6 is 0 Å². The van der Waals surface area contributed by atoms with Crippen molar-refractivity contribution >= 4 is 0 Å². The standard InChI is InChI=1S/C54H58O11/c55-47-50(60-34-42-25-13-4-14-26-42)49(46(63-53(47)56)38-58-32-40-21-9-2-10-22-40)65-54-52(62-36-44-29-17-6-18-30-44)51(61-35-43-27-15-5-16-28-43)48(59-33-41-23-11-3-12-24-41)45(64-54)37-57-31-39-19-7-1-8-20-39/h1-30,45-56H,31-38H2/t45-,46-,47-,48+,49+,50-,51+,52-,53-,54-/m1/s1. The van der Waals surface area contributed by atoms with Crippen LogP contribution in [0.3, 0.4) is 0 Å². The molecule has 65 heavy (non-hydrogen) atoms. The molecule has 0 saturated carbocycles. The molecule has 0 unspecified atom stereocenters. The van der Waals surface area contributed by atoms with E-state index in [1.807, 2.05) is 182 Å². The highest BCUT2D eigenvalue weighted by molar-refractivity contribution is 5.18. The Hall–Kier alpha value is -5.12. The van der Waals surface area contributed by atoms with E-state index < -0.39 is 61.4 Å². The molecule has 0 amide bonds. The molecule has 2 N–H and O–H groups in total. The summed E-state index contributed by atoms with van der Waals surface area (Å²) in [6, 6.07) is 59.0. The number of ether oxygens (including phenoxy) is 9. The molecule has 0 radical (unpaired) electrons. The molecule has 6 aromatic carbocycles. The van der Waals surface area contributed by atoms with Gasteiger partial charge in [-0.2, -0.15) is 0 Å². The van der Waals surface area contributed by atoms with Gasteiger partial charge in [0.1, 0.15) is 48.8 Å². The fraction of sp³-hybridized carbons (Fsp3) is 0.333. The number of hydrogen-bond acceptors (Lipinski definition) is 11. The van der Waals surface area contributed by atoms with Gasteiger partial charge in [0.25, 0.3) is 0 Å². The third-order valence-electron chi connectivity index (χ3n) is 11.4. The average Bonchev–Trinajstić information content (AvgIpc) is 3.35. The third kappa shape index (κ3) is 13.5. The summed E-state index contributed by atoms with van der Waals surface area (Å²) >= 11 is 0. The van der Waals surface area contributed by atoms with Crippen LogP contribution in [0.5, 0.6) is 0 Å². The Kier molecular flexibility index (Phi) is 17.4. The van der Waals surface area contributed by atoms with Crippen LogP contribution < -0.4 is 0 Å². The van der Waals surface area contributed by atoms with Crippen molar-refractivity contribution in [3.05, 3.63) is 215 Å². The molecule has 6 aromatic rings. The molecule has 11 nitrogen and oxygen atoms in total. The zero-order valence-electron chi connectivity index (χ0n) is 36.3. The lowest BCUT2D eigenvalue weighted by Gasteiger charge is -2.49. The Morgan fingerprint density at radius 3 is 1.06 bits per heavy atom. The van der Waals surface area contributed by atoms with Gasteiger partial charge in [-0.05, 0) is 33.4 Å². The predicted molar refractivity (Wildman–Crippen MR) is 243 cm³/mol. The zero-order chi connectivity index (χ0) is 44.5. The molecule has 0 aromatic heterocycles. The second-order valence-electron chi connectivity index (χ2n) is 16.2. The molecule has 0 bridgehead atoms. The topological polar surface area (TPSA) is 124 Å². The summed E-state index contributed by atoms with van der Waals surface area (Å²) in [6.45, 7) is 1.55. The lowest BCUT2D eigenvalue weighted by Crippen LogP contribution is -2.66. The molecule has 2 aliphatic heterocycles. The van der Waals surface area contributed by atoms with Gasteiger partial charge >= 0.3 is 0 Å². The summed E-state index contributed by atoms with van der Waals surface area (Å²) in [4.78, 5) is 0. The Morgan fingerprint density at radius 1 is 0.338 bits per heavy atom. The number of aliphatic hydroxyl groups excluding tert-OH is 2. The van der Waals surface area contributed by atoms with E-state index in [9.17, 15) is 10.2 Å². The monoisotopic (exact) mass is 882 g/mol. The maximum atomic E-state index is 11.7. The second-order valence-corrected chi connectivity index (χ2v) is 16.2. The van der Waals surface area contributed by atoms with Crippen molar-refractivity contribution in [1.82, 2.24) is 0 Å². The van der Waals surface area contributed by atoms with Crippen LogP contribution in [0.2, 0.25) is 0 Å². The van der Waals surface area contributed by atoms with Crippen molar-refractivity contribution in [3.8, 4) is 0 Å². The fourth-order valence-corrected chi connectivity index (χ4v) is 8.04. The van der Waals surface area contributed by atoms with Crippen LogP contribution in [0.25, 0.3) is 0 Å². The molecule has 2 fully saturated rings. The van der Waals surface area contributed by atoms with E-state index in [1.165, 1.54) is 0 Å². The summed E-state index contributed by atoms with van der Waals surface area (Å²) in [5, 5.41) is 22.8. The summed E-state index contributed by atoms with van der Waals surface area (Å²) in [7, 11) is 0. The van der Waals surface area contributed by atoms with Crippen molar-refractivity contribution in [1.29, 1.82) is 0 Å². The van der Waals surface area contributed by atoms with Crippen molar-refractivity contribution in [3.63, 3.8) is 0 Å². The van der Waals surface area contributed by atoms with Gasteiger partial charge in [-0.3, -0.25) is 0 Å². The van der Waals surface area contributed by atoms with E-state index in [0.717, 1.165) is 33.4 Å². The van der Waals surface area contributed by atoms with Gasteiger partial charge in [0.05, 0.1) is 52.9 Å². The van der Waals surface area contributed by atoms with E-state index >= 15 is 0 Å². The molecule has 10 atom stereocenters. The molecule has 2 saturated heterocycles. The van der Waals surface area contributed by atoms with Gasteiger partial charge in [-0.1, -0.05) is 182 Å². The Bertz CT molecular complexity index is 2210. The Balaban J connectivity index is 1.15. The van der Waals surface area contributed by atoms with Crippen LogP contribution in [-0.4, -0.2) is 84.8 Å². The van der Waals surface area contributed by atoms with E-state index in [-0.39, 0.29) is 46.2 Å². The minimum absolute atomic E-state index is 0.00282. The van der Waals surface area contributed by atoms with Crippen molar-refractivity contribution in [2.75, 3.05) is 13.2 Å². The predicted octanol–water partition coefficient (Wildman–Crippen LogP) is 7.95. The highest BCUT2D eigenvalue weighted by atomic mass is 16.7. The smallest absolute Gasteiger partial charge is 0.187 e. The summed E-state index contributed by atoms with van der Waals surface area (Å²) < 4.78 is 60.1. The lowest BCUT2D eigenvalue weighted by molar-refractivity contribution is -0.371. The van der Waals surface area contributed by atoms with E-state index in [0.29, 0.717) is 6.61 Å².